The van der Waals surface area contributed by atoms with Crippen LogP contribution in [0.5, 0.6) is 0 Å². The number of hydrogen-bond donors (Lipinski definition) is 1. The monoisotopic (exact) mass is 179 g/mol. The van der Waals surface area contributed by atoms with E-state index in [4.69, 9.17) is 0 Å². The molecule has 1 aliphatic rings. The molecule has 0 aliphatic heterocycles. The number of allylic oxidation sites excluding steroid dienone is 3. The molecule has 0 atom stereocenters. The Balaban J connectivity index is 2.62. The number of rotatable bonds is 2. The molecule has 1 nitrogen and oxygen atoms in total. The quantitative estimate of drug-likeness (QED) is 0.681. The fourth-order valence-corrected chi connectivity index (χ4v) is 1.84. The van der Waals surface area contributed by atoms with Gasteiger partial charge < -0.3 is 5.32 Å². The Morgan fingerprint density at radius 1 is 1.15 bits per heavy atom. The molecule has 0 heterocycles. The van der Waals surface area contributed by atoms with Crippen LogP contribution in [0.3, 0.4) is 0 Å². The highest BCUT2D eigenvalue weighted by Crippen LogP contribution is 2.21. The third-order valence-corrected chi connectivity index (χ3v) is 2.61. The fraction of sp³-hybridized carbons (Fsp3) is 0.667. The van der Waals surface area contributed by atoms with E-state index in [9.17, 15) is 0 Å². The van der Waals surface area contributed by atoms with Crippen molar-refractivity contribution < 1.29 is 0 Å². The normalized spacial score (nSPS) is 24.8. The van der Waals surface area contributed by atoms with Crippen molar-refractivity contribution in [1.29, 1.82) is 0 Å². The predicted octanol–water partition coefficient (Wildman–Crippen LogP) is 3.74. The smallest absolute Gasteiger partial charge is 0.0137 e. The fourth-order valence-electron chi connectivity index (χ4n) is 1.84. The van der Waals surface area contributed by atoms with Gasteiger partial charge in [-0.1, -0.05) is 25.0 Å². The van der Waals surface area contributed by atoms with Crippen LogP contribution in [0.15, 0.2) is 23.5 Å². The van der Waals surface area contributed by atoms with Crippen LogP contribution in [0.1, 0.15) is 52.4 Å². The summed E-state index contributed by atoms with van der Waals surface area (Å²) in [6, 6.07) is 0. The molecule has 0 spiro atoms. The Hall–Kier alpha value is -0.720. The third kappa shape index (κ3) is 3.67. The lowest BCUT2D eigenvalue weighted by atomic mass is 9.98. The summed E-state index contributed by atoms with van der Waals surface area (Å²) in [4.78, 5) is 0. The average molecular weight is 179 g/mol. The Morgan fingerprint density at radius 2 is 1.77 bits per heavy atom. The molecule has 1 aliphatic carbocycles. The Bertz CT molecular complexity index is 213. The van der Waals surface area contributed by atoms with Crippen LogP contribution >= 0.6 is 0 Å². The van der Waals surface area contributed by atoms with Gasteiger partial charge in [-0.2, -0.15) is 0 Å². The average Bonchev–Trinajstić information content (AvgIpc) is 2.04. The minimum Gasteiger partial charge on any atom is -0.363 e. The van der Waals surface area contributed by atoms with Crippen molar-refractivity contribution in [3.05, 3.63) is 23.5 Å². The van der Waals surface area contributed by atoms with Gasteiger partial charge in [-0.25, -0.2) is 0 Å². The molecule has 1 heteroatoms. The zero-order valence-electron chi connectivity index (χ0n) is 8.95. The van der Waals surface area contributed by atoms with E-state index in [0.717, 1.165) is 5.70 Å². The summed E-state index contributed by atoms with van der Waals surface area (Å²) in [7, 11) is 0. The second kappa shape index (κ2) is 5.11. The molecule has 1 N–H and O–H groups in total. The SMILES string of the molecule is C=C(C)N/C1=C(\C)CCCCCC1. The number of nitrogens with one attached hydrogen (secondary N) is 1. The highest BCUT2D eigenvalue weighted by Gasteiger charge is 2.06. The van der Waals surface area contributed by atoms with Crippen molar-refractivity contribution >= 4 is 0 Å². The summed E-state index contributed by atoms with van der Waals surface area (Å²) >= 11 is 0. The van der Waals surface area contributed by atoms with E-state index < -0.39 is 0 Å². The molecule has 13 heavy (non-hydrogen) atoms. The third-order valence-electron chi connectivity index (χ3n) is 2.61. The van der Waals surface area contributed by atoms with E-state index >= 15 is 0 Å². The van der Waals surface area contributed by atoms with Crippen molar-refractivity contribution in [2.45, 2.75) is 52.4 Å². The molecule has 0 saturated carbocycles. The topological polar surface area (TPSA) is 12.0 Å². The lowest BCUT2D eigenvalue weighted by molar-refractivity contribution is 0.595. The van der Waals surface area contributed by atoms with Gasteiger partial charge in [0.25, 0.3) is 0 Å². The van der Waals surface area contributed by atoms with Gasteiger partial charge in [0.05, 0.1) is 0 Å². The molecule has 0 saturated heterocycles. The molecule has 0 radical (unpaired) electrons. The van der Waals surface area contributed by atoms with Crippen molar-refractivity contribution in [2.75, 3.05) is 0 Å². The zero-order valence-corrected chi connectivity index (χ0v) is 8.95. The first-order chi connectivity index (χ1) is 6.20. The maximum Gasteiger partial charge on any atom is 0.0137 e. The molecule has 0 aromatic carbocycles. The van der Waals surface area contributed by atoms with Crippen LogP contribution in [-0.2, 0) is 0 Å². The largest absolute Gasteiger partial charge is 0.363 e. The Kier molecular flexibility index (Phi) is 4.07. The minimum absolute atomic E-state index is 1.06. The zero-order chi connectivity index (χ0) is 9.68. The molecular weight excluding hydrogens is 158 g/mol. The van der Waals surface area contributed by atoms with Gasteiger partial charge in [-0.05, 0) is 39.5 Å². The first kappa shape index (κ1) is 10.4. The van der Waals surface area contributed by atoms with Gasteiger partial charge >= 0.3 is 0 Å². The summed E-state index contributed by atoms with van der Waals surface area (Å²) in [6.07, 6.45) is 7.93. The Morgan fingerprint density at radius 3 is 2.38 bits per heavy atom. The molecule has 0 fully saturated rings. The van der Waals surface area contributed by atoms with Crippen molar-refractivity contribution in [1.82, 2.24) is 5.32 Å². The maximum atomic E-state index is 3.89. The Labute approximate surface area is 81.9 Å². The molecule has 0 bridgehead atoms. The van der Waals surface area contributed by atoms with Gasteiger partial charge in [-0.3, -0.25) is 0 Å². The number of hydrogen-bond acceptors (Lipinski definition) is 1. The lowest BCUT2D eigenvalue weighted by Gasteiger charge is -2.17. The van der Waals surface area contributed by atoms with E-state index in [1.807, 2.05) is 6.92 Å². The van der Waals surface area contributed by atoms with Crippen molar-refractivity contribution in [2.24, 2.45) is 0 Å². The lowest BCUT2D eigenvalue weighted by Crippen LogP contribution is -2.13. The van der Waals surface area contributed by atoms with Gasteiger partial charge in [0.15, 0.2) is 0 Å². The first-order valence-corrected chi connectivity index (χ1v) is 5.31. The van der Waals surface area contributed by atoms with Gasteiger partial charge in [0.1, 0.15) is 0 Å². The first-order valence-electron chi connectivity index (χ1n) is 5.31. The summed E-state index contributed by atoms with van der Waals surface area (Å²) in [6.45, 7) is 8.17. The predicted molar refractivity (Wildman–Crippen MR) is 58.4 cm³/mol. The van der Waals surface area contributed by atoms with Crippen LogP contribution < -0.4 is 5.32 Å². The molecule has 0 aromatic rings. The van der Waals surface area contributed by atoms with E-state index in [1.165, 1.54) is 49.8 Å². The van der Waals surface area contributed by atoms with Crippen LogP contribution in [0.2, 0.25) is 0 Å². The summed E-state index contributed by atoms with van der Waals surface area (Å²) < 4.78 is 0. The van der Waals surface area contributed by atoms with Crippen LogP contribution in [-0.4, -0.2) is 0 Å². The highest BCUT2D eigenvalue weighted by molar-refractivity contribution is 5.15. The molecule has 74 valence electrons. The summed E-state index contributed by atoms with van der Waals surface area (Å²) in [5.74, 6) is 0. The van der Waals surface area contributed by atoms with Gasteiger partial charge in [-0.15, -0.1) is 0 Å². The van der Waals surface area contributed by atoms with E-state index in [-0.39, 0.29) is 0 Å². The molecular formula is C12H21N. The van der Waals surface area contributed by atoms with E-state index in [0.29, 0.717) is 0 Å². The van der Waals surface area contributed by atoms with Gasteiger partial charge in [0, 0.05) is 11.4 Å². The van der Waals surface area contributed by atoms with Crippen LogP contribution in [0.25, 0.3) is 0 Å². The van der Waals surface area contributed by atoms with Crippen LogP contribution in [0.4, 0.5) is 0 Å². The van der Waals surface area contributed by atoms with E-state index in [1.54, 1.807) is 0 Å². The van der Waals surface area contributed by atoms with Crippen LogP contribution in [0, 0.1) is 0 Å². The molecule has 1 rings (SSSR count). The molecule has 0 unspecified atom stereocenters. The van der Waals surface area contributed by atoms with Gasteiger partial charge in [0.2, 0.25) is 0 Å². The highest BCUT2D eigenvalue weighted by atomic mass is 14.9. The minimum atomic E-state index is 1.06. The molecule has 0 amide bonds. The standard InChI is InChI=1S/C12H21N/c1-10(2)13-12-9-7-5-4-6-8-11(12)3/h13H,1,4-9H2,2-3H3/b12-11+. The van der Waals surface area contributed by atoms with E-state index in [2.05, 4.69) is 18.8 Å². The van der Waals surface area contributed by atoms with Crippen molar-refractivity contribution in [3.8, 4) is 0 Å². The second-order valence-corrected chi connectivity index (χ2v) is 4.08. The molecule has 0 aromatic heterocycles. The summed E-state index contributed by atoms with van der Waals surface area (Å²) in [5.41, 5.74) is 4.02. The maximum absolute atomic E-state index is 3.89. The second-order valence-electron chi connectivity index (χ2n) is 4.08. The van der Waals surface area contributed by atoms with Crippen molar-refractivity contribution in [3.63, 3.8) is 0 Å². The summed E-state index contributed by atoms with van der Waals surface area (Å²) in [5, 5.41) is 3.38.